The number of aryl methyl sites for hydroxylation is 1. The summed E-state index contributed by atoms with van der Waals surface area (Å²) in [4.78, 5) is 18.0. The number of likely N-dealkylation sites (tertiary alicyclic amines) is 1. The molecule has 1 aliphatic heterocycles. The van der Waals surface area contributed by atoms with Gasteiger partial charge in [0.1, 0.15) is 11.5 Å². The summed E-state index contributed by atoms with van der Waals surface area (Å²) in [5, 5.41) is 9.46. The topological polar surface area (TPSA) is 66.6 Å². The molecule has 1 fully saturated rings. The van der Waals surface area contributed by atoms with Crippen molar-refractivity contribution in [2.75, 3.05) is 13.1 Å². The van der Waals surface area contributed by atoms with Crippen LogP contribution >= 0.6 is 0 Å². The van der Waals surface area contributed by atoms with Crippen LogP contribution in [0.2, 0.25) is 0 Å². The van der Waals surface area contributed by atoms with Crippen LogP contribution in [0, 0.1) is 12.8 Å². The van der Waals surface area contributed by atoms with Crippen LogP contribution in [-0.4, -0.2) is 34.0 Å². The van der Waals surface area contributed by atoms with Crippen molar-refractivity contribution in [3.05, 3.63) is 53.7 Å². The summed E-state index contributed by atoms with van der Waals surface area (Å²) in [5.41, 5.74) is 0.850. The predicted octanol–water partition coefficient (Wildman–Crippen LogP) is 2.28. The van der Waals surface area contributed by atoms with Crippen molar-refractivity contribution in [1.29, 1.82) is 0 Å². The van der Waals surface area contributed by atoms with E-state index in [1.807, 2.05) is 37.3 Å². The lowest BCUT2D eigenvalue weighted by Gasteiger charge is -2.14. The number of rotatable bonds is 4. The largest absolute Gasteiger partial charge is 0.481 e. The molecule has 0 saturated carbocycles. The smallest absolute Gasteiger partial charge is 0.308 e. The number of carbonyl (C=O) groups is 1. The van der Waals surface area contributed by atoms with Crippen LogP contribution in [0.25, 0.3) is 0 Å². The van der Waals surface area contributed by atoms with Gasteiger partial charge in [-0.15, -0.1) is 0 Å². The van der Waals surface area contributed by atoms with Crippen LogP contribution in [-0.2, 0) is 11.3 Å². The summed E-state index contributed by atoms with van der Waals surface area (Å²) in [5.74, 6) is 0.498. The van der Waals surface area contributed by atoms with Gasteiger partial charge in [0.25, 0.3) is 0 Å². The Morgan fingerprint density at radius 1 is 1.38 bits per heavy atom. The fraction of sp³-hybridized carbons (Fsp3) is 0.375. The van der Waals surface area contributed by atoms with Crippen molar-refractivity contribution >= 4 is 5.97 Å². The lowest BCUT2D eigenvalue weighted by Crippen LogP contribution is -2.23. The molecule has 5 heteroatoms. The van der Waals surface area contributed by atoms with Gasteiger partial charge in [0, 0.05) is 30.9 Å². The van der Waals surface area contributed by atoms with E-state index < -0.39 is 11.9 Å². The first kappa shape index (κ1) is 13.8. The fourth-order valence-electron chi connectivity index (χ4n) is 2.95. The van der Waals surface area contributed by atoms with Crippen molar-refractivity contribution in [1.82, 2.24) is 9.88 Å². The maximum atomic E-state index is 11.5. The minimum atomic E-state index is -0.760. The molecule has 0 unspecified atom stereocenters. The van der Waals surface area contributed by atoms with Gasteiger partial charge in [0.15, 0.2) is 0 Å². The lowest BCUT2D eigenvalue weighted by molar-refractivity contribution is -0.141. The molecule has 3 rings (SSSR count). The number of furan rings is 1. The summed E-state index contributed by atoms with van der Waals surface area (Å²) in [6.45, 7) is 3.76. The SMILES string of the molecule is Cc1ccc(CN2C[C@@H](C(=O)O)[C@H](c3ccccn3)C2)o1. The van der Waals surface area contributed by atoms with E-state index in [-0.39, 0.29) is 5.92 Å². The van der Waals surface area contributed by atoms with Gasteiger partial charge in [0.05, 0.1) is 12.5 Å². The second-order valence-corrected chi connectivity index (χ2v) is 5.51. The number of nitrogens with zero attached hydrogens (tertiary/aromatic N) is 2. The highest BCUT2D eigenvalue weighted by molar-refractivity contribution is 5.72. The molecule has 0 bridgehead atoms. The normalized spacial score (nSPS) is 22.5. The van der Waals surface area contributed by atoms with Gasteiger partial charge in [0.2, 0.25) is 0 Å². The molecule has 1 N–H and O–H groups in total. The Labute approximate surface area is 123 Å². The lowest BCUT2D eigenvalue weighted by atomic mass is 9.93. The molecular formula is C16H18N2O3. The Balaban J connectivity index is 1.76. The molecule has 0 radical (unpaired) electrons. The van der Waals surface area contributed by atoms with Gasteiger partial charge in [-0.3, -0.25) is 14.7 Å². The first-order valence-electron chi connectivity index (χ1n) is 7.05. The van der Waals surface area contributed by atoms with Crippen molar-refractivity contribution in [2.45, 2.75) is 19.4 Å². The fourth-order valence-corrected chi connectivity index (χ4v) is 2.95. The van der Waals surface area contributed by atoms with Crippen LogP contribution < -0.4 is 0 Å². The number of carboxylic acids is 1. The van der Waals surface area contributed by atoms with Crippen molar-refractivity contribution in [3.8, 4) is 0 Å². The zero-order chi connectivity index (χ0) is 14.8. The highest BCUT2D eigenvalue weighted by Gasteiger charge is 2.39. The summed E-state index contributed by atoms with van der Waals surface area (Å²) in [6, 6.07) is 9.52. The Hall–Kier alpha value is -2.14. The molecule has 2 aromatic rings. The van der Waals surface area contributed by atoms with Crippen LogP contribution in [0.15, 0.2) is 40.9 Å². The second-order valence-electron chi connectivity index (χ2n) is 5.51. The highest BCUT2D eigenvalue weighted by Crippen LogP contribution is 2.32. The molecule has 110 valence electrons. The molecule has 2 aromatic heterocycles. The summed E-state index contributed by atoms with van der Waals surface area (Å²) < 4.78 is 5.58. The average Bonchev–Trinajstić information content (AvgIpc) is 3.07. The van der Waals surface area contributed by atoms with E-state index in [2.05, 4.69) is 9.88 Å². The maximum absolute atomic E-state index is 11.5. The first-order chi connectivity index (χ1) is 10.1. The molecule has 1 aliphatic rings. The average molecular weight is 286 g/mol. The Morgan fingerprint density at radius 3 is 2.86 bits per heavy atom. The molecule has 3 heterocycles. The van der Waals surface area contributed by atoms with E-state index in [4.69, 9.17) is 4.42 Å². The van der Waals surface area contributed by atoms with E-state index in [0.717, 1.165) is 17.2 Å². The van der Waals surface area contributed by atoms with Crippen LogP contribution in [0.5, 0.6) is 0 Å². The summed E-state index contributed by atoms with van der Waals surface area (Å²) in [7, 11) is 0. The van der Waals surface area contributed by atoms with E-state index in [1.54, 1.807) is 6.20 Å². The third-order valence-electron chi connectivity index (χ3n) is 3.96. The number of aliphatic carboxylic acids is 1. The first-order valence-corrected chi connectivity index (χ1v) is 7.05. The molecule has 0 aliphatic carbocycles. The zero-order valence-corrected chi connectivity index (χ0v) is 11.9. The molecule has 1 saturated heterocycles. The monoisotopic (exact) mass is 286 g/mol. The summed E-state index contributed by atoms with van der Waals surface area (Å²) >= 11 is 0. The van der Waals surface area contributed by atoms with Gasteiger partial charge in [-0.2, -0.15) is 0 Å². The third kappa shape index (κ3) is 2.97. The highest BCUT2D eigenvalue weighted by atomic mass is 16.4. The van der Waals surface area contributed by atoms with Crippen LogP contribution in [0.4, 0.5) is 0 Å². The Morgan fingerprint density at radius 2 is 2.24 bits per heavy atom. The van der Waals surface area contributed by atoms with E-state index in [0.29, 0.717) is 19.6 Å². The quantitative estimate of drug-likeness (QED) is 0.934. The van der Waals surface area contributed by atoms with E-state index in [1.165, 1.54) is 0 Å². The van der Waals surface area contributed by atoms with Gasteiger partial charge in [-0.05, 0) is 31.2 Å². The van der Waals surface area contributed by atoms with Crippen LogP contribution in [0.1, 0.15) is 23.1 Å². The van der Waals surface area contributed by atoms with Gasteiger partial charge < -0.3 is 9.52 Å². The molecule has 21 heavy (non-hydrogen) atoms. The van der Waals surface area contributed by atoms with Gasteiger partial charge in [-0.1, -0.05) is 6.07 Å². The number of aromatic nitrogens is 1. The number of hydrogen-bond acceptors (Lipinski definition) is 4. The number of carboxylic acid groups (broad SMARTS) is 1. The minimum absolute atomic E-state index is 0.0697. The van der Waals surface area contributed by atoms with Crippen LogP contribution in [0.3, 0.4) is 0 Å². The molecule has 0 spiro atoms. The maximum Gasteiger partial charge on any atom is 0.308 e. The van der Waals surface area contributed by atoms with Gasteiger partial charge in [-0.25, -0.2) is 0 Å². The van der Waals surface area contributed by atoms with Crippen molar-refractivity contribution in [3.63, 3.8) is 0 Å². The standard InChI is InChI=1S/C16H18N2O3/c1-11-5-6-12(21-11)8-18-9-13(14(10-18)16(19)20)15-4-2-3-7-17-15/h2-7,13-14H,8-10H2,1H3,(H,19,20)/t13-,14-/m1/s1. The van der Waals surface area contributed by atoms with Gasteiger partial charge >= 0.3 is 5.97 Å². The second kappa shape index (κ2) is 5.69. The Bertz CT molecular complexity index is 623. The molecule has 2 atom stereocenters. The molecule has 0 amide bonds. The molecule has 0 aromatic carbocycles. The minimum Gasteiger partial charge on any atom is -0.481 e. The van der Waals surface area contributed by atoms with E-state index >= 15 is 0 Å². The van der Waals surface area contributed by atoms with Crippen molar-refractivity contribution < 1.29 is 14.3 Å². The summed E-state index contributed by atoms with van der Waals surface area (Å²) in [6.07, 6.45) is 1.72. The number of hydrogen-bond donors (Lipinski definition) is 1. The molecular weight excluding hydrogens is 268 g/mol. The molecule has 5 nitrogen and oxygen atoms in total. The van der Waals surface area contributed by atoms with E-state index in [9.17, 15) is 9.90 Å². The zero-order valence-electron chi connectivity index (χ0n) is 11.9. The third-order valence-corrected chi connectivity index (χ3v) is 3.96. The van der Waals surface area contributed by atoms with Crippen molar-refractivity contribution in [2.24, 2.45) is 5.92 Å². The number of pyridine rings is 1. The predicted molar refractivity (Wildman–Crippen MR) is 76.8 cm³/mol. The Kier molecular flexibility index (Phi) is 3.75.